The van der Waals surface area contributed by atoms with Crippen LogP contribution in [0.5, 0.6) is 0 Å². The molecule has 0 rings (SSSR count). The standard InChI is InChI=1S/C9H15FN2S/c1-5-8(2)9(6-11,7-12)13(3,4)10/h8H,5H2,1-4H3. The summed E-state index contributed by atoms with van der Waals surface area (Å²) in [7, 11) is -2.66. The van der Waals surface area contributed by atoms with Gasteiger partial charge in [-0.1, -0.05) is 30.7 Å². The van der Waals surface area contributed by atoms with Crippen molar-refractivity contribution in [2.75, 3.05) is 12.5 Å². The second-order valence-corrected chi connectivity index (χ2v) is 6.52. The number of halogens is 1. The topological polar surface area (TPSA) is 47.6 Å². The lowest BCUT2D eigenvalue weighted by Gasteiger charge is -2.37. The van der Waals surface area contributed by atoms with Gasteiger partial charge in [0.25, 0.3) is 0 Å². The lowest BCUT2D eigenvalue weighted by molar-refractivity contribution is 0.516. The number of hydrogen-bond donors (Lipinski definition) is 0. The van der Waals surface area contributed by atoms with E-state index in [9.17, 15) is 3.89 Å². The maximum atomic E-state index is 13.8. The Hall–Kier alpha value is -0.740. The minimum atomic E-state index is -2.66. The maximum absolute atomic E-state index is 13.8. The van der Waals surface area contributed by atoms with E-state index < -0.39 is 15.2 Å². The van der Waals surface area contributed by atoms with Crippen LogP contribution in [0.2, 0.25) is 0 Å². The average Bonchev–Trinajstić information content (AvgIpc) is 2.04. The molecule has 0 aliphatic rings. The zero-order chi connectivity index (χ0) is 10.7. The van der Waals surface area contributed by atoms with Crippen LogP contribution in [0.25, 0.3) is 0 Å². The quantitative estimate of drug-likeness (QED) is 0.706. The summed E-state index contributed by atoms with van der Waals surface area (Å²) in [5.74, 6) is -0.225. The zero-order valence-electron chi connectivity index (χ0n) is 8.47. The van der Waals surface area contributed by atoms with E-state index >= 15 is 0 Å². The molecule has 0 spiro atoms. The number of nitriles is 2. The Morgan fingerprint density at radius 1 is 1.38 bits per heavy atom. The second kappa shape index (κ2) is 3.98. The van der Waals surface area contributed by atoms with Gasteiger partial charge >= 0.3 is 0 Å². The van der Waals surface area contributed by atoms with Gasteiger partial charge in [-0.15, -0.1) is 0 Å². The molecule has 0 aromatic heterocycles. The Balaban J connectivity index is 5.23. The normalized spacial score (nSPS) is 15.6. The largest absolute Gasteiger partial charge is 0.200 e. The van der Waals surface area contributed by atoms with Gasteiger partial charge < -0.3 is 0 Å². The molecule has 1 unspecified atom stereocenters. The number of rotatable bonds is 3. The van der Waals surface area contributed by atoms with Gasteiger partial charge in [0.15, 0.2) is 4.75 Å². The van der Waals surface area contributed by atoms with E-state index in [4.69, 9.17) is 10.5 Å². The molecule has 0 fully saturated rings. The van der Waals surface area contributed by atoms with Gasteiger partial charge in [0, 0.05) is 0 Å². The summed E-state index contributed by atoms with van der Waals surface area (Å²) < 4.78 is 12.3. The third-order valence-corrected chi connectivity index (χ3v) is 4.52. The van der Waals surface area contributed by atoms with Crippen LogP contribution < -0.4 is 0 Å². The summed E-state index contributed by atoms with van der Waals surface area (Å²) in [5.41, 5.74) is 0. The highest BCUT2D eigenvalue weighted by molar-refractivity contribution is 8.29. The predicted octanol–water partition coefficient (Wildman–Crippen LogP) is 2.77. The average molecular weight is 202 g/mol. The minimum Gasteiger partial charge on any atom is -0.196 e. The van der Waals surface area contributed by atoms with Crippen LogP contribution >= 0.6 is 10.4 Å². The summed E-state index contributed by atoms with van der Waals surface area (Å²) in [6, 6.07) is 3.71. The molecule has 0 saturated heterocycles. The van der Waals surface area contributed by atoms with Crippen molar-refractivity contribution in [1.29, 1.82) is 10.5 Å². The molecule has 0 bridgehead atoms. The van der Waals surface area contributed by atoms with E-state index in [0.717, 1.165) is 0 Å². The predicted molar refractivity (Wildman–Crippen MR) is 54.0 cm³/mol. The van der Waals surface area contributed by atoms with Crippen LogP contribution in [0.1, 0.15) is 20.3 Å². The third-order valence-electron chi connectivity index (χ3n) is 2.40. The van der Waals surface area contributed by atoms with E-state index in [-0.39, 0.29) is 5.92 Å². The zero-order valence-corrected chi connectivity index (χ0v) is 9.28. The van der Waals surface area contributed by atoms with E-state index in [0.29, 0.717) is 6.42 Å². The monoisotopic (exact) mass is 202 g/mol. The lowest BCUT2D eigenvalue weighted by atomic mass is 9.93. The van der Waals surface area contributed by atoms with Crippen molar-refractivity contribution in [1.82, 2.24) is 0 Å². The fraction of sp³-hybridized carbons (Fsp3) is 0.778. The summed E-state index contributed by atoms with van der Waals surface area (Å²) in [4.78, 5) is 0. The van der Waals surface area contributed by atoms with Gasteiger partial charge in [-0.2, -0.15) is 14.4 Å². The fourth-order valence-corrected chi connectivity index (χ4v) is 2.79. The van der Waals surface area contributed by atoms with Gasteiger partial charge in [-0.3, -0.25) is 0 Å². The molecule has 0 saturated carbocycles. The summed E-state index contributed by atoms with van der Waals surface area (Å²) in [6.45, 7) is 3.61. The van der Waals surface area contributed by atoms with Crippen LogP contribution in [0, 0.1) is 28.6 Å². The first kappa shape index (κ1) is 12.3. The highest BCUT2D eigenvalue weighted by Crippen LogP contribution is 2.58. The van der Waals surface area contributed by atoms with Crippen LogP contribution in [-0.4, -0.2) is 17.3 Å². The van der Waals surface area contributed by atoms with Crippen molar-refractivity contribution in [3.8, 4) is 12.1 Å². The molecular weight excluding hydrogens is 187 g/mol. The van der Waals surface area contributed by atoms with Crippen LogP contribution in [0.4, 0.5) is 3.89 Å². The van der Waals surface area contributed by atoms with E-state index in [1.807, 2.05) is 19.1 Å². The van der Waals surface area contributed by atoms with Crippen molar-refractivity contribution >= 4 is 10.4 Å². The van der Waals surface area contributed by atoms with Gasteiger partial charge in [0.1, 0.15) is 0 Å². The number of nitrogens with zero attached hydrogens (tertiary/aromatic N) is 2. The van der Waals surface area contributed by atoms with Gasteiger partial charge in [-0.05, 0) is 18.4 Å². The second-order valence-electron chi connectivity index (χ2n) is 3.47. The van der Waals surface area contributed by atoms with Crippen molar-refractivity contribution < 1.29 is 3.89 Å². The van der Waals surface area contributed by atoms with Gasteiger partial charge in [0.05, 0.1) is 12.1 Å². The minimum absolute atomic E-state index is 0.225. The highest BCUT2D eigenvalue weighted by atomic mass is 32.3. The molecule has 13 heavy (non-hydrogen) atoms. The summed E-state index contributed by atoms with van der Waals surface area (Å²) >= 11 is 0. The Labute approximate surface area is 81.0 Å². The van der Waals surface area contributed by atoms with E-state index in [2.05, 4.69) is 0 Å². The molecule has 4 heteroatoms. The van der Waals surface area contributed by atoms with Crippen LogP contribution in [0.15, 0.2) is 0 Å². The molecule has 0 aromatic carbocycles. The van der Waals surface area contributed by atoms with Crippen molar-refractivity contribution in [3.05, 3.63) is 0 Å². The Kier molecular flexibility index (Phi) is 3.75. The molecule has 0 N–H and O–H groups in total. The Morgan fingerprint density at radius 3 is 1.85 bits per heavy atom. The Bertz CT molecular complexity index is 242. The molecule has 1 atom stereocenters. The first-order valence-electron chi connectivity index (χ1n) is 4.10. The first-order valence-corrected chi connectivity index (χ1v) is 6.45. The van der Waals surface area contributed by atoms with E-state index in [1.54, 1.807) is 6.92 Å². The molecule has 0 heterocycles. The molecule has 0 aliphatic carbocycles. The van der Waals surface area contributed by atoms with E-state index in [1.165, 1.54) is 12.5 Å². The highest BCUT2D eigenvalue weighted by Gasteiger charge is 2.47. The lowest BCUT2D eigenvalue weighted by Crippen LogP contribution is -2.36. The maximum Gasteiger partial charge on any atom is 0.200 e. The first-order chi connectivity index (χ1) is 5.85. The van der Waals surface area contributed by atoms with Crippen molar-refractivity contribution in [3.63, 3.8) is 0 Å². The molecule has 2 nitrogen and oxygen atoms in total. The van der Waals surface area contributed by atoms with Gasteiger partial charge in [0.2, 0.25) is 0 Å². The summed E-state index contributed by atoms with van der Waals surface area (Å²) in [5, 5.41) is 17.8. The third kappa shape index (κ3) is 1.95. The Morgan fingerprint density at radius 2 is 1.77 bits per heavy atom. The van der Waals surface area contributed by atoms with Crippen LogP contribution in [-0.2, 0) is 0 Å². The molecule has 74 valence electrons. The molecule has 0 radical (unpaired) electrons. The number of hydrogen-bond acceptors (Lipinski definition) is 2. The smallest absolute Gasteiger partial charge is 0.196 e. The van der Waals surface area contributed by atoms with Crippen molar-refractivity contribution in [2.45, 2.75) is 25.0 Å². The molecule has 0 amide bonds. The molecule has 0 aliphatic heterocycles. The molecule has 0 aromatic rings. The van der Waals surface area contributed by atoms with Gasteiger partial charge in [-0.25, -0.2) is 0 Å². The molecular formula is C9H15FN2S. The van der Waals surface area contributed by atoms with Crippen molar-refractivity contribution in [2.24, 2.45) is 5.92 Å². The fourth-order valence-electron chi connectivity index (χ4n) is 1.23. The van der Waals surface area contributed by atoms with Crippen LogP contribution in [0.3, 0.4) is 0 Å². The summed E-state index contributed by atoms with van der Waals surface area (Å²) in [6.07, 6.45) is 3.37. The SMILES string of the molecule is CCC(C)C(C#N)(C#N)S(C)(C)F.